The van der Waals surface area contributed by atoms with Gasteiger partial charge in [-0.15, -0.1) is 0 Å². The van der Waals surface area contributed by atoms with Gasteiger partial charge in [-0.1, -0.05) is 35.9 Å². The number of primary amides is 1. The number of aryl methyl sites for hydroxylation is 1. The summed E-state index contributed by atoms with van der Waals surface area (Å²) >= 11 is 3.43. The Morgan fingerprint density at radius 1 is 1.35 bits per heavy atom. The van der Waals surface area contributed by atoms with E-state index >= 15 is 0 Å². The number of nitriles is 1. The van der Waals surface area contributed by atoms with Crippen molar-refractivity contribution in [1.82, 2.24) is 0 Å². The topological polar surface area (TPSA) is 76.1 Å². The van der Waals surface area contributed by atoms with Crippen LogP contribution in [0.4, 0.5) is 0 Å². The summed E-state index contributed by atoms with van der Waals surface area (Å²) in [5.74, 6) is -0.0652. The number of amides is 1. The summed E-state index contributed by atoms with van der Waals surface area (Å²) < 4.78 is 6.52. The molecule has 2 aromatic rings. The maximum atomic E-state index is 11.1. The second-order valence-electron chi connectivity index (χ2n) is 5.00. The summed E-state index contributed by atoms with van der Waals surface area (Å²) in [4.78, 5) is 11.1. The Balaban J connectivity index is 2.14. The van der Waals surface area contributed by atoms with Crippen molar-refractivity contribution in [3.63, 3.8) is 0 Å². The Labute approximate surface area is 143 Å². The van der Waals surface area contributed by atoms with Gasteiger partial charge in [0.2, 0.25) is 0 Å². The van der Waals surface area contributed by atoms with E-state index in [2.05, 4.69) is 22.0 Å². The molecule has 116 valence electrons. The molecule has 5 heteroatoms. The first-order valence-electron chi connectivity index (χ1n) is 6.89. The Kier molecular flexibility index (Phi) is 5.56. The molecule has 0 unspecified atom stereocenters. The minimum Gasteiger partial charge on any atom is -0.488 e. The van der Waals surface area contributed by atoms with E-state index in [9.17, 15) is 4.79 Å². The van der Waals surface area contributed by atoms with Crippen molar-refractivity contribution in [3.8, 4) is 11.8 Å². The van der Waals surface area contributed by atoms with Gasteiger partial charge in [-0.05, 0) is 52.2 Å². The van der Waals surface area contributed by atoms with Crippen molar-refractivity contribution >= 4 is 27.9 Å². The molecule has 0 aliphatic carbocycles. The third-order valence-corrected chi connectivity index (χ3v) is 3.75. The average molecular weight is 371 g/mol. The number of carbonyl (C=O) groups excluding carboxylic acids is 1. The van der Waals surface area contributed by atoms with Crippen LogP contribution in [-0.4, -0.2) is 5.91 Å². The van der Waals surface area contributed by atoms with Crippen LogP contribution in [0.25, 0.3) is 6.08 Å². The Morgan fingerprint density at radius 3 is 2.74 bits per heavy atom. The zero-order valence-corrected chi connectivity index (χ0v) is 14.1. The molecule has 0 heterocycles. The largest absolute Gasteiger partial charge is 0.488 e. The van der Waals surface area contributed by atoms with E-state index in [1.165, 1.54) is 11.6 Å². The normalized spacial score (nSPS) is 10.9. The highest BCUT2D eigenvalue weighted by atomic mass is 79.9. The number of benzene rings is 2. The number of halogens is 1. The quantitative estimate of drug-likeness (QED) is 0.643. The van der Waals surface area contributed by atoms with Crippen molar-refractivity contribution in [2.45, 2.75) is 13.5 Å². The van der Waals surface area contributed by atoms with E-state index < -0.39 is 5.91 Å². The first kappa shape index (κ1) is 16.8. The fraction of sp³-hybridized carbons (Fsp3) is 0.111. The van der Waals surface area contributed by atoms with Gasteiger partial charge in [0.1, 0.15) is 24.0 Å². The SMILES string of the molecule is Cc1cccc(COc2ccc(/C=C(\C#N)C(N)=O)cc2Br)c1. The molecule has 0 fully saturated rings. The predicted octanol–water partition coefficient (Wildman–Crippen LogP) is 3.73. The fourth-order valence-corrected chi connectivity index (χ4v) is 2.52. The molecule has 2 aromatic carbocycles. The summed E-state index contributed by atoms with van der Waals surface area (Å²) in [6, 6.07) is 15.2. The van der Waals surface area contributed by atoms with Crippen LogP contribution in [0, 0.1) is 18.3 Å². The standard InChI is InChI=1S/C18H15BrN2O2/c1-12-3-2-4-14(7-12)11-23-17-6-5-13(9-16(17)19)8-15(10-20)18(21)22/h2-9H,11H2,1H3,(H2,21,22)/b15-8+. The highest BCUT2D eigenvalue weighted by Crippen LogP contribution is 2.27. The maximum absolute atomic E-state index is 11.1. The molecular weight excluding hydrogens is 356 g/mol. The lowest BCUT2D eigenvalue weighted by Crippen LogP contribution is -2.12. The zero-order chi connectivity index (χ0) is 16.8. The smallest absolute Gasteiger partial charge is 0.259 e. The van der Waals surface area contributed by atoms with Gasteiger partial charge in [0.05, 0.1) is 4.47 Å². The Bertz CT molecular complexity index is 807. The van der Waals surface area contributed by atoms with E-state index in [1.807, 2.05) is 25.1 Å². The molecule has 0 saturated carbocycles. The molecule has 0 bridgehead atoms. The van der Waals surface area contributed by atoms with Gasteiger partial charge >= 0.3 is 0 Å². The number of nitrogens with zero attached hydrogens (tertiary/aromatic N) is 1. The van der Waals surface area contributed by atoms with Gasteiger partial charge < -0.3 is 10.5 Å². The fourth-order valence-electron chi connectivity index (χ4n) is 2.01. The van der Waals surface area contributed by atoms with Gasteiger partial charge in [-0.25, -0.2) is 0 Å². The highest BCUT2D eigenvalue weighted by molar-refractivity contribution is 9.10. The van der Waals surface area contributed by atoms with Gasteiger partial charge in [0, 0.05) is 0 Å². The monoisotopic (exact) mass is 370 g/mol. The van der Waals surface area contributed by atoms with Crippen LogP contribution in [0.2, 0.25) is 0 Å². The Hall–Kier alpha value is -2.58. The first-order chi connectivity index (χ1) is 11.0. The van der Waals surface area contributed by atoms with E-state index in [0.717, 1.165) is 10.0 Å². The molecule has 23 heavy (non-hydrogen) atoms. The van der Waals surface area contributed by atoms with Gasteiger partial charge in [-0.2, -0.15) is 5.26 Å². The van der Waals surface area contributed by atoms with Crippen molar-refractivity contribution in [3.05, 3.63) is 69.2 Å². The van der Waals surface area contributed by atoms with E-state index in [1.54, 1.807) is 24.3 Å². The number of rotatable bonds is 5. The zero-order valence-electron chi connectivity index (χ0n) is 12.5. The van der Waals surface area contributed by atoms with Crippen LogP contribution in [-0.2, 0) is 11.4 Å². The van der Waals surface area contributed by atoms with Crippen LogP contribution < -0.4 is 10.5 Å². The highest BCUT2D eigenvalue weighted by Gasteiger charge is 2.06. The summed E-state index contributed by atoms with van der Waals surface area (Å²) in [7, 11) is 0. The predicted molar refractivity (Wildman–Crippen MR) is 92.4 cm³/mol. The molecule has 0 aliphatic rings. The molecule has 0 radical (unpaired) electrons. The average Bonchev–Trinajstić information content (AvgIpc) is 2.51. The van der Waals surface area contributed by atoms with Crippen molar-refractivity contribution in [1.29, 1.82) is 5.26 Å². The van der Waals surface area contributed by atoms with Crippen molar-refractivity contribution in [2.24, 2.45) is 5.73 Å². The van der Waals surface area contributed by atoms with Gasteiger partial charge in [0.15, 0.2) is 0 Å². The van der Waals surface area contributed by atoms with E-state index in [0.29, 0.717) is 17.9 Å². The molecule has 4 nitrogen and oxygen atoms in total. The second-order valence-corrected chi connectivity index (χ2v) is 5.86. The van der Waals surface area contributed by atoms with Crippen LogP contribution in [0.1, 0.15) is 16.7 Å². The summed E-state index contributed by atoms with van der Waals surface area (Å²) in [6.45, 7) is 2.49. The molecule has 1 amide bonds. The lowest BCUT2D eigenvalue weighted by atomic mass is 10.1. The molecule has 0 atom stereocenters. The summed E-state index contributed by atoms with van der Waals surface area (Å²) in [6.07, 6.45) is 1.44. The number of hydrogen-bond donors (Lipinski definition) is 1. The molecule has 2 N–H and O–H groups in total. The number of nitrogens with two attached hydrogens (primary N) is 1. The van der Waals surface area contributed by atoms with Crippen LogP contribution in [0.5, 0.6) is 5.75 Å². The number of hydrogen-bond acceptors (Lipinski definition) is 3. The van der Waals surface area contributed by atoms with Crippen LogP contribution in [0.15, 0.2) is 52.5 Å². The van der Waals surface area contributed by atoms with Crippen molar-refractivity contribution in [2.75, 3.05) is 0 Å². The summed E-state index contributed by atoms with van der Waals surface area (Å²) in [5.41, 5.74) is 7.99. The lowest BCUT2D eigenvalue weighted by Gasteiger charge is -2.09. The second kappa shape index (κ2) is 7.61. The van der Waals surface area contributed by atoms with E-state index in [-0.39, 0.29) is 5.57 Å². The third-order valence-electron chi connectivity index (χ3n) is 3.13. The first-order valence-corrected chi connectivity index (χ1v) is 7.68. The lowest BCUT2D eigenvalue weighted by molar-refractivity contribution is -0.114. The molecular formula is C18H15BrN2O2. The number of ether oxygens (including phenoxy) is 1. The van der Waals surface area contributed by atoms with Crippen LogP contribution in [0.3, 0.4) is 0 Å². The molecule has 0 saturated heterocycles. The Morgan fingerprint density at radius 2 is 2.13 bits per heavy atom. The molecule has 2 rings (SSSR count). The van der Waals surface area contributed by atoms with Gasteiger partial charge in [0.25, 0.3) is 5.91 Å². The van der Waals surface area contributed by atoms with Crippen LogP contribution >= 0.6 is 15.9 Å². The minimum atomic E-state index is -0.747. The molecule has 0 aliphatic heterocycles. The van der Waals surface area contributed by atoms with Gasteiger partial charge in [-0.3, -0.25) is 4.79 Å². The maximum Gasteiger partial charge on any atom is 0.259 e. The number of carbonyl (C=O) groups is 1. The molecule has 0 aromatic heterocycles. The third kappa shape index (κ3) is 4.70. The minimum absolute atomic E-state index is 0.0923. The molecule has 0 spiro atoms. The summed E-state index contributed by atoms with van der Waals surface area (Å²) in [5, 5.41) is 8.86. The van der Waals surface area contributed by atoms with Crippen molar-refractivity contribution < 1.29 is 9.53 Å². The van der Waals surface area contributed by atoms with E-state index in [4.69, 9.17) is 15.7 Å².